The van der Waals surface area contributed by atoms with E-state index in [0.29, 0.717) is 0 Å². The van der Waals surface area contributed by atoms with E-state index in [4.69, 9.17) is 0 Å². The fourth-order valence-electron chi connectivity index (χ4n) is 2.82. The smallest absolute Gasteiger partial charge is 0.0649 e. The van der Waals surface area contributed by atoms with Gasteiger partial charge in [0.1, 0.15) is 0 Å². The van der Waals surface area contributed by atoms with Crippen molar-refractivity contribution in [2.75, 3.05) is 0 Å². The van der Waals surface area contributed by atoms with Gasteiger partial charge in [-0.05, 0) is 47.1 Å². The first-order valence-electron chi connectivity index (χ1n) is 6.62. The molecule has 18 heavy (non-hydrogen) atoms. The molecule has 1 heterocycles. The van der Waals surface area contributed by atoms with Crippen LogP contribution in [0.25, 0.3) is 5.69 Å². The van der Waals surface area contributed by atoms with Crippen molar-refractivity contribution in [3.8, 4) is 5.69 Å². The lowest BCUT2D eigenvalue weighted by atomic mass is 10.0. The highest BCUT2D eigenvalue weighted by atomic mass is 127. The normalized spacial score (nSPS) is 16.3. The Morgan fingerprint density at radius 1 is 1.17 bits per heavy atom. The minimum Gasteiger partial charge on any atom is -0.237 e. The Kier molecular flexibility index (Phi) is 3.68. The van der Waals surface area contributed by atoms with Crippen molar-refractivity contribution in [2.45, 2.75) is 32.1 Å². The predicted molar refractivity (Wildman–Crippen MR) is 81.9 cm³/mol. The van der Waals surface area contributed by atoms with Crippen molar-refractivity contribution in [2.24, 2.45) is 5.92 Å². The largest absolute Gasteiger partial charge is 0.237 e. The molecule has 0 spiro atoms. The number of benzene rings is 1. The van der Waals surface area contributed by atoms with Crippen LogP contribution in [0.3, 0.4) is 0 Å². The number of halogens is 1. The SMILES string of the molecule is Ic1cnn(-c2ccccc2)c1CC1CCCC1. The van der Waals surface area contributed by atoms with Crippen LogP contribution >= 0.6 is 22.6 Å². The van der Waals surface area contributed by atoms with Gasteiger partial charge in [0.25, 0.3) is 0 Å². The second kappa shape index (κ2) is 5.43. The second-order valence-electron chi connectivity index (χ2n) is 5.04. The number of nitrogens with zero attached hydrogens (tertiary/aromatic N) is 2. The van der Waals surface area contributed by atoms with E-state index in [1.165, 1.54) is 47.1 Å². The van der Waals surface area contributed by atoms with E-state index < -0.39 is 0 Å². The summed E-state index contributed by atoms with van der Waals surface area (Å²) >= 11 is 2.41. The van der Waals surface area contributed by atoms with Gasteiger partial charge < -0.3 is 0 Å². The molecule has 2 aromatic rings. The van der Waals surface area contributed by atoms with Gasteiger partial charge in [0.15, 0.2) is 0 Å². The van der Waals surface area contributed by atoms with Crippen LogP contribution in [0.15, 0.2) is 36.5 Å². The van der Waals surface area contributed by atoms with Crippen molar-refractivity contribution in [1.29, 1.82) is 0 Å². The maximum Gasteiger partial charge on any atom is 0.0649 e. The van der Waals surface area contributed by atoms with Gasteiger partial charge in [0.2, 0.25) is 0 Å². The fraction of sp³-hybridized carbons (Fsp3) is 0.400. The zero-order chi connectivity index (χ0) is 12.4. The van der Waals surface area contributed by atoms with Gasteiger partial charge in [-0.15, -0.1) is 0 Å². The quantitative estimate of drug-likeness (QED) is 0.757. The highest BCUT2D eigenvalue weighted by Crippen LogP contribution is 2.30. The molecule has 94 valence electrons. The fourth-order valence-corrected chi connectivity index (χ4v) is 3.39. The van der Waals surface area contributed by atoms with Crippen LogP contribution in [0.2, 0.25) is 0 Å². The third kappa shape index (κ3) is 2.46. The van der Waals surface area contributed by atoms with E-state index in [-0.39, 0.29) is 0 Å². The summed E-state index contributed by atoms with van der Waals surface area (Å²) in [5.74, 6) is 0.859. The predicted octanol–water partition coefficient (Wildman–Crippen LogP) is 4.21. The van der Waals surface area contributed by atoms with Gasteiger partial charge in [-0.25, -0.2) is 4.68 Å². The maximum absolute atomic E-state index is 4.54. The van der Waals surface area contributed by atoms with E-state index >= 15 is 0 Å². The highest BCUT2D eigenvalue weighted by Gasteiger charge is 2.19. The average Bonchev–Trinajstić information content (AvgIpc) is 3.03. The number of rotatable bonds is 3. The third-order valence-electron chi connectivity index (χ3n) is 3.78. The van der Waals surface area contributed by atoms with Gasteiger partial charge in [-0.2, -0.15) is 5.10 Å². The summed E-state index contributed by atoms with van der Waals surface area (Å²) in [6.07, 6.45) is 8.73. The molecule has 1 saturated carbocycles. The summed E-state index contributed by atoms with van der Waals surface area (Å²) in [6, 6.07) is 10.4. The van der Waals surface area contributed by atoms with E-state index in [0.717, 1.165) is 5.92 Å². The molecule has 1 aliphatic carbocycles. The molecule has 1 fully saturated rings. The average molecular weight is 352 g/mol. The van der Waals surface area contributed by atoms with Gasteiger partial charge in [0, 0.05) is 0 Å². The van der Waals surface area contributed by atoms with Crippen LogP contribution in [-0.2, 0) is 6.42 Å². The summed E-state index contributed by atoms with van der Waals surface area (Å²) in [5, 5.41) is 4.54. The zero-order valence-corrected chi connectivity index (χ0v) is 12.5. The van der Waals surface area contributed by atoms with Crippen molar-refractivity contribution < 1.29 is 0 Å². The third-order valence-corrected chi connectivity index (χ3v) is 4.68. The zero-order valence-electron chi connectivity index (χ0n) is 10.3. The molecule has 0 saturated heterocycles. The van der Waals surface area contributed by atoms with Crippen molar-refractivity contribution >= 4 is 22.6 Å². The lowest BCUT2D eigenvalue weighted by Crippen LogP contribution is -2.08. The molecule has 0 unspecified atom stereocenters. The molecule has 0 bridgehead atoms. The first-order chi connectivity index (χ1) is 8.84. The standard InChI is InChI=1S/C15H17IN2/c16-14-11-17-18(13-8-2-1-3-9-13)15(14)10-12-6-4-5-7-12/h1-3,8-9,11-12H,4-7,10H2. The van der Waals surface area contributed by atoms with E-state index in [1.54, 1.807) is 0 Å². The lowest BCUT2D eigenvalue weighted by molar-refractivity contribution is 0.529. The molecular weight excluding hydrogens is 335 g/mol. The minimum atomic E-state index is 0.859. The molecular formula is C15H17IN2. The van der Waals surface area contributed by atoms with Crippen LogP contribution in [0.1, 0.15) is 31.4 Å². The number of hydrogen-bond acceptors (Lipinski definition) is 1. The van der Waals surface area contributed by atoms with Crippen molar-refractivity contribution in [1.82, 2.24) is 9.78 Å². The number of para-hydroxylation sites is 1. The molecule has 3 heteroatoms. The van der Waals surface area contributed by atoms with Crippen LogP contribution in [-0.4, -0.2) is 9.78 Å². The molecule has 3 rings (SSSR count). The summed E-state index contributed by atoms with van der Waals surface area (Å²) < 4.78 is 3.41. The molecule has 1 aliphatic rings. The monoisotopic (exact) mass is 352 g/mol. The Morgan fingerprint density at radius 3 is 2.61 bits per heavy atom. The van der Waals surface area contributed by atoms with Gasteiger partial charge in [0.05, 0.1) is 21.1 Å². The van der Waals surface area contributed by atoms with Gasteiger partial charge in [-0.1, -0.05) is 43.9 Å². The Balaban J connectivity index is 1.91. The van der Waals surface area contributed by atoms with Gasteiger partial charge >= 0.3 is 0 Å². The Hall–Kier alpha value is -0.840. The molecule has 2 nitrogen and oxygen atoms in total. The molecule has 1 aromatic heterocycles. The molecule has 0 aliphatic heterocycles. The first-order valence-corrected chi connectivity index (χ1v) is 7.70. The summed E-state index contributed by atoms with van der Waals surface area (Å²) in [4.78, 5) is 0. The summed E-state index contributed by atoms with van der Waals surface area (Å²) in [6.45, 7) is 0. The van der Waals surface area contributed by atoms with Gasteiger partial charge in [-0.3, -0.25) is 0 Å². The number of aromatic nitrogens is 2. The summed E-state index contributed by atoms with van der Waals surface area (Å²) in [5.41, 5.74) is 2.56. The Labute approximate surface area is 122 Å². The highest BCUT2D eigenvalue weighted by molar-refractivity contribution is 14.1. The van der Waals surface area contributed by atoms with Crippen LogP contribution in [0, 0.1) is 9.49 Å². The van der Waals surface area contributed by atoms with Crippen LogP contribution in [0.4, 0.5) is 0 Å². The van der Waals surface area contributed by atoms with Crippen molar-refractivity contribution in [3.05, 3.63) is 45.8 Å². The molecule has 1 aromatic carbocycles. The summed E-state index contributed by atoms with van der Waals surface area (Å²) in [7, 11) is 0. The van der Waals surface area contributed by atoms with E-state index in [1.807, 2.05) is 6.20 Å². The van der Waals surface area contributed by atoms with Crippen LogP contribution in [0.5, 0.6) is 0 Å². The Bertz CT molecular complexity index is 513. The Morgan fingerprint density at radius 2 is 1.89 bits per heavy atom. The molecule has 0 N–H and O–H groups in total. The van der Waals surface area contributed by atoms with E-state index in [2.05, 4.69) is 62.7 Å². The topological polar surface area (TPSA) is 17.8 Å². The van der Waals surface area contributed by atoms with Crippen molar-refractivity contribution in [3.63, 3.8) is 0 Å². The maximum atomic E-state index is 4.54. The molecule has 0 amide bonds. The second-order valence-corrected chi connectivity index (χ2v) is 6.20. The molecule has 0 atom stereocenters. The lowest BCUT2D eigenvalue weighted by Gasteiger charge is -2.12. The minimum absolute atomic E-state index is 0.859. The number of hydrogen-bond donors (Lipinski definition) is 0. The van der Waals surface area contributed by atoms with Crippen LogP contribution < -0.4 is 0 Å². The molecule has 0 radical (unpaired) electrons. The first kappa shape index (κ1) is 12.2. The van der Waals surface area contributed by atoms with E-state index in [9.17, 15) is 0 Å².